The summed E-state index contributed by atoms with van der Waals surface area (Å²) in [5, 5.41) is 13.9. The van der Waals surface area contributed by atoms with Gasteiger partial charge in [0.25, 0.3) is 5.91 Å². The summed E-state index contributed by atoms with van der Waals surface area (Å²) in [7, 11) is 1.26. The molecule has 0 aliphatic carbocycles. The van der Waals surface area contributed by atoms with Crippen LogP contribution in [0.3, 0.4) is 0 Å². The van der Waals surface area contributed by atoms with E-state index in [0.29, 0.717) is 36.1 Å². The van der Waals surface area contributed by atoms with E-state index in [1.54, 1.807) is 54.0 Å². The first-order chi connectivity index (χ1) is 15.9. The highest BCUT2D eigenvalue weighted by molar-refractivity contribution is 5.98. The predicted octanol–water partition coefficient (Wildman–Crippen LogP) is 3.12. The van der Waals surface area contributed by atoms with Crippen molar-refractivity contribution in [2.24, 2.45) is 0 Å². The van der Waals surface area contributed by atoms with Gasteiger partial charge in [-0.05, 0) is 42.7 Å². The molecule has 176 valence electrons. The standard InChI is InChI=1S/C24H29N3O6/c1-33-24(31)22(17-9-5-4-6-10-17)26-23(30)18-13-15-19(16-14-18)25-20(28)11-7-2-3-8-12-21(29)27-32/h4-6,9-10,13-16,22,32H,2-3,7-8,11-12H2,1H3,(H,25,28)(H,26,30)(H,27,29)/t22-/m0/s1. The second kappa shape index (κ2) is 13.6. The second-order valence-electron chi connectivity index (χ2n) is 7.42. The molecular weight excluding hydrogens is 426 g/mol. The monoisotopic (exact) mass is 455 g/mol. The molecule has 0 bridgehead atoms. The highest BCUT2D eigenvalue weighted by Crippen LogP contribution is 2.17. The highest BCUT2D eigenvalue weighted by Gasteiger charge is 2.23. The van der Waals surface area contributed by atoms with E-state index >= 15 is 0 Å². The number of hydroxylamine groups is 1. The molecule has 1 atom stereocenters. The van der Waals surface area contributed by atoms with Gasteiger partial charge in [0, 0.05) is 24.1 Å². The minimum absolute atomic E-state index is 0.143. The molecule has 0 aliphatic heterocycles. The average molecular weight is 456 g/mol. The largest absolute Gasteiger partial charge is 0.467 e. The third-order valence-corrected chi connectivity index (χ3v) is 4.96. The Hall–Kier alpha value is -3.72. The number of rotatable bonds is 12. The number of unbranched alkanes of at least 4 members (excludes halogenated alkanes) is 3. The quantitative estimate of drug-likeness (QED) is 0.168. The normalized spacial score (nSPS) is 11.2. The minimum Gasteiger partial charge on any atom is -0.467 e. The van der Waals surface area contributed by atoms with Gasteiger partial charge in [-0.1, -0.05) is 43.2 Å². The number of amides is 3. The average Bonchev–Trinajstić information content (AvgIpc) is 2.84. The molecule has 0 fully saturated rings. The lowest BCUT2D eigenvalue weighted by molar-refractivity contribution is -0.143. The van der Waals surface area contributed by atoms with Gasteiger partial charge in [-0.2, -0.15) is 0 Å². The number of nitrogens with one attached hydrogen (secondary N) is 3. The molecule has 0 heterocycles. The van der Waals surface area contributed by atoms with Crippen molar-refractivity contribution in [1.82, 2.24) is 10.8 Å². The molecule has 9 heteroatoms. The number of hydrogen-bond donors (Lipinski definition) is 4. The number of carbonyl (C=O) groups is 4. The topological polar surface area (TPSA) is 134 Å². The van der Waals surface area contributed by atoms with Crippen LogP contribution in [0.5, 0.6) is 0 Å². The van der Waals surface area contributed by atoms with Crippen molar-refractivity contribution >= 4 is 29.4 Å². The Kier molecular flexibility index (Phi) is 10.6. The van der Waals surface area contributed by atoms with E-state index in [1.807, 2.05) is 6.07 Å². The van der Waals surface area contributed by atoms with Crippen molar-refractivity contribution in [2.75, 3.05) is 12.4 Å². The molecule has 9 nitrogen and oxygen atoms in total. The summed E-state index contributed by atoms with van der Waals surface area (Å²) in [6.45, 7) is 0. The number of esters is 1. The Morgan fingerprint density at radius 1 is 0.848 bits per heavy atom. The van der Waals surface area contributed by atoms with Crippen LogP contribution in [-0.4, -0.2) is 36.0 Å². The smallest absolute Gasteiger partial charge is 0.333 e. The minimum atomic E-state index is -0.930. The molecule has 0 spiro atoms. The first-order valence-electron chi connectivity index (χ1n) is 10.7. The van der Waals surface area contributed by atoms with E-state index in [1.165, 1.54) is 7.11 Å². The van der Waals surface area contributed by atoms with Crippen LogP contribution in [-0.2, 0) is 19.1 Å². The van der Waals surface area contributed by atoms with Crippen LogP contribution in [0.25, 0.3) is 0 Å². The zero-order valence-corrected chi connectivity index (χ0v) is 18.5. The van der Waals surface area contributed by atoms with Gasteiger partial charge in [0.15, 0.2) is 6.04 Å². The lowest BCUT2D eigenvalue weighted by Gasteiger charge is -2.17. The van der Waals surface area contributed by atoms with Gasteiger partial charge in [-0.15, -0.1) is 0 Å². The fourth-order valence-electron chi connectivity index (χ4n) is 3.17. The molecule has 0 saturated heterocycles. The Labute approximate surface area is 192 Å². The SMILES string of the molecule is COC(=O)[C@@H](NC(=O)c1ccc(NC(=O)CCCCCCC(=O)NO)cc1)c1ccccc1. The summed E-state index contributed by atoms with van der Waals surface area (Å²) in [5.74, 6) is -1.57. The van der Waals surface area contributed by atoms with Crippen molar-refractivity contribution in [3.05, 3.63) is 65.7 Å². The molecule has 2 rings (SSSR count). The summed E-state index contributed by atoms with van der Waals surface area (Å²) in [5.41, 5.74) is 3.09. The molecule has 0 aromatic heterocycles. The zero-order chi connectivity index (χ0) is 24.1. The molecule has 2 aromatic rings. The number of carbonyl (C=O) groups excluding carboxylic acids is 4. The van der Waals surface area contributed by atoms with Gasteiger partial charge in [0.05, 0.1) is 7.11 Å². The number of hydrogen-bond acceptors (Lipinski definition) is 6. The maximum Gasteiger partial charge on any atom is 0.333 e. The Morgan fingerprint density at radius 2 is 1.45 bits per heavy atom. The van der Waals surface area contributed by atoms with Crippen molar-refractivity contribution < 1.29 is 29.1 Å². The van der Waals surface area contributed by atoms with Crippen molar-refractivity contribution in [2.45, 2.75) is 44.6 Å². The molecule has 0 radical (unpaired) electrons. The van der Waals surface area contributed by atoms with Crippen LogP contribution in [0.2, 0.25) is 0 Å². The van der Waals surface area contributed by atoms with Crippen molar-refractivity contribution in [3.63, 3.8) is 0 Å². The van der Waals surface area contributed by atoms with Crippen LogP contribution in [0.15, 0.2) is 54.6 Å². The van der Waals surface area contributed by atoms with Crippen LogP contribution in [0, 0.1) is 0 Å². The third-order valence-electron chi connectivity index (χ3n) is 4.96. The zero-order valence-electron chi connectivity index (χ0n) is 18.5. The first-order valence-corrected chi connectivity index (χ1v) is 10.7. The van der Waals surface area contributed by atoms with E-state index < -0.39 is 23.8 Å². The Balaban J connectivity index is 1.82. The van der Waals surface area contributed by atoms with Gasteiger partial charge in [-0.25, -0.2) is 10.3 Å². The summed E-state index contributed by atoms with van der Waals surface area (Å²) < 4.78 is 4.81. The van der Waals surface area contributed by atoms with Gasteiger partial charge in [0.2, 0.25) is 11.8 Å². The van der Waals surface area contributed by atoms with E-state index in [0.717, 1.165) is 12.8 Å². The number of benzene rings is 2. The van der Waals surface area contributed by atoms with Crippen molar-refractivity contribution in [1.29, 1.82) is 0 Å². The van der Waals surface area contributed by atoms with Gasteiger partial charge in [-0.3, -0.25) is 19.6 Å². The molecule has 3 amide bonds. The Morgan fingerprint density at radius 3 is 2.03 bits per heavy atom. The molecule has 0 saturated carbocycles. The fourth-order valence-corrected chi connectivity index (χ4v) is 3.17. The second-order valence-corrected chi connectivity index (χ2v) is 7.42. The van der Waals surface area contributed by atoms with Crippen LogP contribution >= 0.6 is 0 Å². The molecule has 33 heavy (non-hydrogen) atoms. The molecule has 0 unspecified atom stereocenters. The maximum atomic E-state index is 12.6. The summed E-state index contributed by atoms with van der Waals surface area (Å²) >= 11 is 0. The molecule has 0 aliphatic rings. The number of anilines is 1. The van der Waals surface area contributed by atoms with Crippen molar-refractivity contribution in [3.8, 4) is 0 Å². The van der Waals surface area contributed by atoms with Crippen LogP contribution in [0.4, 0.5) is 5.69 Å². The molecular formula is C24H29N3O6. The van der Waals surface area contributed by atoms with Gasteiger partial charge in [0.1, 0.15) is 0 Å². The number of methoxy groups -OCH3 is 1. The van der Waals surface area contributed by atoms with E-state index in [4.69, 9.17) is 9.94 Å². The summed E-state index contributed by atoms with van der Waals surface area (Å²) in [4.78, 5) is 47.8. The lowest BCUT2D eigenvalue weighted by atomic mass is 10.1. The molecule has 4 N–H and O–H groups in total. The number of ether oxygens (including phenoxy) is 1. The Bertz CT molecular complexity index is 931. The van der Waals surface area contributed by atoms with Crippen LogP contribution < -0.4 is 16.1 Å². The van der Waals surface area contributed by atoms with E-state index in [2.05, 4.69) is 10.6 Å². The van der Waals surface area contributed by atoms with Crippen LogP contribution in [0.1, 0.15) is 60.5 Å². The van der Waals surface area contributed by atoms with Gasteiger partial charge >= 0.3 is 5.97 Å². The molecule has 2 aromatic carbocycles. The lowest BCUT2D eigenvalue weighted by Crippen LogP contribution is -2.34. The predicted molar refractivity (Wildman–Crippen MR) is 121 cm³/mol. The van der Waals surface area contributed by atoms with E-state index in [9.17, 15) is 19.2 Å². The van der Waals surface area contributed by atoms with E-state index in [-0.39, 0.29) is 12.3 Å². The highest BCUT2D eigenvalue weighted by atomic mass is 16.5. The summed E-state index contributed by atoms with van der Waals surface area (Å²) in [6, 6.07) is 14.2. The first kappa shape index (κ1) is 25.5. The fraction of sp³-hybridized carbons (Fsp3) is 0.333. The summed E-state index contributed by atoms with van der Waals surface area (Å²) in [6.07, 6.45) is 3.52. The van der Waals surface area contributed by atoms with Gasteiger partial charge < -0.3 is 15.4 Å². The third kappa shape index (κ3) is 8.74. The maximum absolute atomic E-state index is 12.6.